The molecule has 0 saturated heterocycles. The zero-order chi connectivity index (χ0) is 18.5. The maximum absolute atomic E-state index is 12.6. The molecule has 7 heteroatoms. The van der Waals surface area contributed by atoms with E-state index in [1.807, 2.05) is 6.92 Å². The van der Waals surface area contributed by atoms with Crippen LogP contribution in [-0.4, -0.2) is 22.1 Å². The molecule has 26 heavy (non-hydrogen) atoms. The average Bonchev–Trinajstić information content (AvgIpc) is 2.64. The molecule has 3 aromatic rings. The van der Waals surface area contributed by atoms with Crippen molar-refractivity contribution in [1.29, 1.82) is 0 Å². The lowest BCUT2D eigenvalue weighted by Gasteiger charge is -2.09. The van der Waals surface area contributed by atoms with Crippen LogP contribution in [0.4, 0.5) is 5.82 Å². The first-order chi connectivity index (χ1) is 12.6. The Morgan fingerprint density at radius 2 is 2.00 bits per heavy atom. The van der Waals surface area contributed by atoms with Crippen LogP contribution in [0.5, 0.6) is 5.75 Å². The Bertz CT molecular complexity index is 984. The average molecular weight is 370 g/mol. The Kier molecular flexibility index (Phi) is 5.34. The quantitative estimate of drug-likeness (QED) is 0.746. The molecule has 0 aliphatic heterocycles. The van der Waals surface area contributed by atoms with Gasteiger partial charge in [-0.3, -0.25) is 14.2 Å². The number of hydrogen-bond donors (Lipinski definition) is 1. The Morgan fingerprint density at radius 1 is 1.23 bits per heavy atom. The SMILES string of the molecule is CCOc1ccc(-n2ccnc(NC(=O)c3cccc(Cl)c3)c2=O)cc1. The number of benzene rings is 2. The second kappa shape index (κ2) is 7.84. The summed E-state index contributed by atoms with van der Waals surface area (Å²) in [5.41, 5.74) is 0.543. The largest absolute Gasteiger partial charge is 0.494 e. The number of carbonyl (C=O) groups is 1. The summed E-state index contributed by atoms with van der Waals surface area (Å²) in [6.07, 6.45) is 2.98. The molecule has 0 bridgehead atoms. The molecule has 0 aliphatic rings. The van der Waals surface area contributed by atoms with Gasteiger partial charge in [-0.15, -0.1) is 0 Å². The van der Waals surface area contributed by atoms with Gasteiger partial charge in [0, 0.05) is 28.7 Å². The standard InChI is InChI=1S/C19H16ClN3O3/c1-2-26-16-8-6-15(7-9-16)23-11-10-21-17(19(23)25)22-18(24)13-4-3-5-14(20)12-13/h3-12H,2H2,1H3,(H,21,22,24). The summed E-state index contributed by atoms with van der Waals surface area (Å²) in [5.74, 6) is 0.195. The number of amides is 1. The number of carbonyl (C=O) groups excluding carboxylic acids is 1. The highest BCUT2D eigenvalue weighted by atomic mass is 35.5. The minimum Gasteiger partial charge on any atom is -0.494 e. The molecule has 1 N–H and O–H groups in total. The molecule has 1 aromatic heterocycles. The molecule has 0 aliphatic carbocycles. The van der Waals surface area contributed by atoms with E-state index in [-0.39, 0.29) is 5.82 Å². The van der Waals surface area contributed by atoms with Crippen LogP contribution in [0.3, 0.4) is 0 Å². The van der Waals surface area contributed by atoms with E-state index in [1.54, 1.807) is 42.5 Å². The van der Waals surface area contributed by atoms with Gasteiger partial charge in [-0.05, 0) is 49.4 Å². The third-order valence-corrected chi connectivity index (χ3v) is 3.82. The van der Waals surface area contributed by atoms with E-state index in [0.717, 1.165) is 0 Å². The smallest absolute Gasteiger partial charge is 0.298 e. The van der Waals surface area contributed by atoms with Gasteiger partial charge in [0.15, 0.2) is 5.82 Å². The van der Waals surface area contributed by atoms with Gasteiger partial charge in [-0.25, -0.2) is 4.98 Å². The van der Waals surface area contributed by atoms with Crippen LogP contribution in [0.25, 0.3) is 5.69 Å². The fraction of sp³-hybridized carbons (Fsp3) is 0.105. The van der Waals surface area contributed by atoms with Crippen molar-refractivity contribution in [3.63, 3.8) is 0 Å². The third kappa shape index (κ3) is 3.92. The number of halogens is 1. The highest BCUT2D eigenvalue weighted by Gasteiger charge is 2.12. The predicted molar refractivity (Wildman–Crippen MR) is 100 cm³/mol. The van der Waals surface area contributed by atoms with Crippen LogP contribution >= 0.6 is 11.6 Å². The van der Waals surface area contributed by atoms with Gasteiger partial charge in [0.05, 0.1) is 6.61 Å². The van der Waals surface area contributed by atoms with Crippen LogP contribution in [0.2, 0.25) is 5.02 Å². The van der Waals surface area contributed by atoms with E-state index in [9.17, 15) is 9.59 Å². The number of rotatable bonds is 5. The van der Waals surface area contributed by atoms with Crippen LogP contribution in [0, 0.1) is 0 Å². The van der Waals surface area contributed by atoms with Crippen molar-refractivity contribution in [2.24, 2.45) is 0 Å². The van der Waals surface area contributed by atoms with Gasteiger partial charge in [-0.1, -0.05) is 17.7 Å². The van der Waals surface area contributed by atoms with Gasteiger partial charge in [0.25, 0.3) is 11.5 Å². The fourth-order valence-electron chi connectivity index (χ4n) is 2.38. The summed E-state index contributed by atoms with van der Waals surface area (Å²) in [7, 11) is 0. The Morgan fingerprint density at radius 3 is 2.69 bits per heavy atom. The molecular formula is C19H16ClN3O3. The molecule has 0 fully saturated rings. The summed E-state index contributed by atoms with van der Waals surface area (Å²) >= 11 is 5.89. The molecule has 1 amide bonds. The zero-order valence-electron chi connectivity index (χ0n) is 14.0. The van der Waals surface area contributed by atoms with Crippen molar-refractivity contribution in [2.45, 2.75) is 6.92 Å². The topological polar surface area (TPSA) is 73.2 Å². The first-order valence-electron chi connectivity index (χ1n) is 7.96. The second-order valence-electron chi connectivity index (χ2n) is 5.34. The maximum Gasteiger partial charge on any atom is 0.298 e. The summed E-state index contributed by atoms with van der Waals surface area (Å²) in [5, 5.41) is 2.96. The van der Waals surface area contributed by atoms with E-state index in [4.69, 9.17) is 16.3 Å². The molecule has 0 atom stereocenters. The molecule has 3 rings (SSSR count). The normalized spacial score (nSPS) is 10.4. The van der Waals surface area contributed by atoms with Gasteiger partial charge in [-0.2, -0.15) is 0 Å². The monoisotopic (exact) mass is 369 g/mol. The molecule has 2 aromatic carbocycles. The molecule has 0 saturated carbocycles. The Balaban J connectivity index is 1.87. The molecule has 6 nitrogen and oxygen atoms in total. The van der Waals surface area contributed by atoms with Gasteiger partial charge < -0.3 is 10.1 Å². The Hall–Kier alpha value is -3.12. The van der Waals surface area contributed by atoms with Crippen LogP contribution in [0.15, 0.2) is 65.7 Å². The molecule has 0 unspecified atom stereocenters. The highest BCUT2D eigenvalue weighted by molar-refractivity contribution is 6.31. The fourth-order valence-corrected chi connectivity index (χ4v) is 2.57. The number of hydrogen-bond acceptors (Lipinski definition) is 4. The lowest BCUT2D eigenvalue weighted by Crippen LogP contribution is -2.26. The summed E-state index contributed by atoms with van der Waals surface area (Å²) < 4.78 is 6.79. The lowest BCUT2D eigenvalue weighted by atomic mass is 10.2. The van der Waals surface area contributed by atoms with Crippen molar-refractivity contribution in [3.8, 4) is 11.4 Å². The van der Waals surface area contributed by atoms with Gasteiger partial charge in [0.1, 0.15) is 5.75 Å². The van der Waals surface area contributed by atoms with Crippen molar-refractivity contribution < 1.29 is 9.53 Å². The zero-order valence-corrected chi connectivity index (χ0v) is 14.7. The summed E-state index contributed by atoms with van der Waals surface area (Å²) in [6, 6.07) is 13.5. The molecule has 0 spiro atoms. The minimum atomic E-state index is -0.457. The van der Waals surface area contributed by atoms with E-state index in [2.05, 4.69) is 10.3 Å². The second-order valence-corrected chi connectivity index (χ2v) is 5.78. The third-order valence-electron chi connectivity index (χ3n) is 3.59. The van der Waals surface area contributed by atoms with Crippen LogP contribution in [-0.2, 0) is 0 Å². The van der Waals surface area contributed by atoms with Gasteiger partial charge >= 0.3 is 0 Å². The van der Waals surface area contributed by atoms with E-state index >= 15 is 0 Å². The highest BCUT2D eigenvalue weighted by Crippen LogP contribution is 2.15. The van der Waals surface area contributed by atoms with Crippen LogP contribution < -0.4 is 15.6 Å². The predicted octanol–water partition coefficient (Wildman–Crippen LogP) is 3.54. The molecular weight excluding hydrogens is 354 g/mol. The first-order valence-corrected chi connectivity index (χ1v) is 8.34. The first kappa shape index (κ1) is 17.7. The maximum atomic E-state index is 12.6. The minimum absolute atomic E-state index is 0.0636. The van der Waals surface area contributed by atoms with Crippen molar-refractivity contribution >= 4 is 23.3 Å². The number of aromatic nitrogens is 2. The molecule has 1 heterocycles. The van der Waals surface area contributed by atoms with Crippen molar-refractivity contribution in [3.05, 3.63) is 81.9 Å². The molecule has 132 valence electrons. The van der Waals surface area contributed by atoms with E-state index in [1.165, 1.54) is 23.0 Å². The number of anilines is 1. The Labute approximate surface area is 155 Å². The van der Waals surface area contributed by atoms with E-state index in [0.29, 0.717) is 28.6 Å². The number of ether oxygens (including phenoxy) is 1. The van der Waals surface area contributed by atoms with Crippen molar-refractivity contribution in [1.82, 2.24) is 9.55 Å². The number of nitrogens with zero attached hydrogens (tertiary/aromatic N) is 2. The van der Waals surface area contributed by atoms with Gasteiger partial charge in [0.2, 0.25) is 0 Å². The molecule has 0 radical (unpaired) electrons. The van der Waals surface area contributed by atoms with Crippen molar-refractivity contribution in [2.75, 3.05) is 11.9 Å². The van der Waals surface area contributed by atoms with E-state index < -0.39 is 11.5 Å². The van der Waals surface area contributed by atoms with Crippen LogP contribution in [0.1, 0.15) is 17.3 Å². The number of nitrogens with one attached hydrogen (secondary N) is 1. The lowest BCUT2D eigenvalue weighted by molar-refractivity contribution is 0.102. The summed E-state index contributed by atoms with van der Waals surface area (Å²) in [4.78, 5) is 28.9. The summed E-state index contributed by atoms with van der Waals surface area (Å²) in [6.45, 7) is 2.46.